The molecule has 2 heterocycles. The van der Waals surface area contributed by atoms with Crippen molar-refractivity contribution in [1.82, 2.24) is 10.2 Å². The van der Waals surface area contributed by atoms with Crippen molar-refractivity contribution in [3.05, 3.63) is 77.4 Å². The van der Waals surface area contributed by atoms with Crippen molar-refractivity contribution < 1.29 is 23.4 Å². The minimum absolute atomic E-state index is 0.166. The maximum absolute atomic E-state index is 12.2. The van der Waals surface area contributed by atoms with Crippen molar-refractivity contribution in [3.8, 4) is 5.75 Å². The molecule has 0 fully saturated rings. The van der Waals surface area contributed by atoms with E-state index in [4.69, 9.17) is 4.74 Å². The van der Waals surface area contributed by atoms with E-state index in [1.54, 1.807) is 41.4 Å². The lowest BCUT2D eigenvalue weighted by Gasteiger charge is -2.27. The Morgan fingerprint density at radius 3 is 2.70 bits per heavy atom. The zero-order valence-corrected chi connectivity index (χ0v) is 14.6. The highest BCUT2D eigenvalue weighted by Gasteiger charge is 2.25. The molecule has 2 aliphatic heterocycles. The minimum atomic E-state index is -2.52. The van der Waals surface area contributed by atoms with E-state index in [0.717, 1.165) is 24.1 Å². The third-order valence-electron chi connectivity index (χ3n) is 4.12. The largest absolute Gasteiger partial charge is 0.488 e. The number of ether oxygens (including phenoxy) is 1. The van der Waals surface area contributed by atoms with Crippen LogP contribution in [0.5, 0.6) is 5.75 Å². The lowest BCUT2D eigenvalue weighted by molar-refractivity contribution is -0.134. The molecule has 0 saturated carbocycles. The number of benzene rings is 1. The number of carboxylic acids is 1. The fourth-order valence-corrected chi connectivity index (χ4v) is 2.84. The predicted octanol–water partition coefficient (Wildman–Crippen LogP) is 3.78. The number of rotatable bonds is 7. The van der Waals surface area contributed by atoms with E-state index in [9.17, 15) is 18.7 Å². The molecule has 5 nitrogen and oxygen atoms in total. The van der Waals surface area contributed by atoms with Crippen LogP contribution in [0.1, 0.15) is 18.4 Å². The van der Waals surface area contributed by atoms with Crippen LogP contribution < -0.4 is 10.1 Å². The molecule has 1 aromatic rings. The van der Waals surface area contributed by atoms with Gasteiger partial charge in [-0.15, -0.1) is 0 Å². The summed E-state index contributed by atoms with van der Waals surface area (Å²) in [6, 6.07) is 6.72. The number of carboxylic acid groups (broad SMARTS) is 1. The molecule has 7 heteroatoms. The van der Waals surface area contributed by atoms with Gasteiger partial charge in [0.2, 0.25) is 0 Å². The van der Waals surface area contributed by atoms with Gasteiger partial charge < -0.3 is 20.1 Å². The number of nitrogens with zero attached hydrogens (tertiary/aromatic N) is 1. The van der Waals surface area contributed by atoms with Crippen LogP contribution in [0.3, 0.4) is 0 Å². The molecule has 0 atom stereocenters. The molecule has 0 spiro atoms. The van der Waals surface area contributed by atoms with Crippen molar-refractivity contribution in [1.29, 1.82) is 0 Å². The fraction of sp³-hybridized carbons (Fsp3) is 0.250. The molecular formula is C20H20F2N2O3. The van der Waals surface area contributed by atoms with E-state index < -0.39 is 19.0 Å². The summed E-state index contributed by atoms with van der Waals surface area (Å²) in [7, 11) is 0. The first-order valence-electron chi connectivity index (χ1n) is 8.60. The molecule has 0 aromatic heterocycles. The number of hydrogen-bond acceptors (Lipinski definition) is 4. The van der Waals surface area contributed by atoms with E-state index >= 15 is 0 Å². The molecule has 0 unspecified atom stereocenters. The van der Waals surface area contributed by atoms with Crippen LogP contribution >= 0.6 is 0 Å². The molecule has 2 aliphatic rings. The average Bonchev–Trinajstić information content (AvgIpc) is 2.90. The minimum Gasteiger partial charge on any atom is -0.488 e. The highest BCUT2D eigenvalue weighted by molar-refractivity contribution is 5.88. The number of aliphatic carboxylic acids is 1. The molecule has 2 N–H and O–H groups in total. The van der Waals surface area contributed by atoms with Crippen LogP contribution in [-0.2, 0) is 11.3 Å². The molecule has 0 radical (unpaired) electrons. The predicted molar refractivity (Wildman–Crippen MR) is 96.9 cm³/mol. The lowest BCUT2D eigenvalue weighted by Crippen LogP contribution is -2.29. The number of alkyl halides is 2. The number of hydrogen-bond donors (Lipinski definition) is 2. The van der Waals surface area contributed by atoms with E-state index in [1.807, 2.05) is 18.2 Å². The number of nitrogens with one attached hydrogen (secondary N) is 1. The number of allylic oxidation sites excluding steroid dienone is 4. The van der Waals surface area contributed by atoms with Gasteiger partial charge in [0.15, 0.2) is 5.70 Å². The first-order chi connectivity index (χ1) is 13.0. The quantitative estimate of drug-likeness (QED) is 0.761. The van der Waals surface area contributed by atoms with Gasteiger partial charge in [0.1, 0.15) is 12.4 Å². The Kier molecular flexibility index (Phi) is 5.90. The van der Waals surface area contributed by atoms with Crippen molar-refractivity contribution in [2.45, 2.75) is 25.8 Å². The molecule has 3 rings (SSSR count). The molecule has 0 amide bonds. The molecule has 142 valence electrons. The Morgan fingerprint density at radius 1 is 1.22 bits per heavy atom. The summed E-state index contributed by atoms with van der Waals surface area (Å²) in [5.41, 5.74) is 2.38. The summed E-state index contributed by atoms with van der Waals surface area (Å²) in [6.07, 6.45) is 8.58. The zero-order valence-electron chi connectivity index (χ0n) is 14.6. The molecule has 0 aliphatic carbocycles. The van der Waals surface area contributed by atoms with Gasteiger partial charge in [-0.2, -0.15) is 0 Å². The summed E-state index contributed by atoms with van der Waals surface area (Å²) >= 11 is 0. The average molecular weight is 374 g/mol. The van der Waals surface area contributed by atoms with Crippen molar-refractivity contribution in [3.63, 3.8) is 0 Å². The summed E-state index contributed by atoms with van der Waals surface area (Å²) in [4.78, 5) is 13.5. The first-order valence-corrected chi connectivity index (χ1v) is 8.60. The van der Waals surface area contributed by atoms with E-state index in [2.05, 4.69) is 5.32 Å². The Morgan fingerprint density at radius 2 is 2.00 bits per heavy atom. The van der Waals surface area contributed by atoms with Crippen LogP contribution in [0.25, 0.3) is 0 Å². The standard InChI is InChI=1S/C20H20F2N2O3/c21-18(22)13-27-16-8-5-14(6-9-16)12-23-17-10-7-15-4-2-1-3-11-24(15)19(17)20(25)26/h3-11,18,23H,1-2,12-13H2,(H,25,26). The van der Waals surface area contributed by atoms with Crippen LogP contribution in [-0.4, -0.2) is 29.0 Å². The second kappa shape index (κ2) is 8.53. The van der Waals surface area contributed by atoms with Gasteiger partial charge in [-0.25, -0.2) is 13.6 Å². The SMILES string of the molecule is O=C(O)C1=C(NCc2ccc(OCC(F)F)cc2)C=CC2=CCCC=CN21. The normalized spacial score (nSPS) is 16.1. The number of carbonyl (C=O) groups is 1. The molecule has 0 bridgehead atoms. The summed E-state index contributed by atoms with van der Waals surface area (Å²) < 4.78 is 29.3. The summed E-state index contributed by atoms with van der Waals surface area (Å²) in [5, 5.41) is 12.8. The van der Waals surface area contributed by atoms with Gasteiger partial charge >= 0.3 is 5.97 Å². The third kappa shape index (κ3) is 4.75. The van der Waals surface area contributed by atoms with Crippen LogP contribution in [0.2, 0.25) is 0 Å². The summed E-state index contributed by atoms with van der Waals surface area (Å²) in [6.45, 7) is -0.251. The van der Waals surface area contributed by atoms with Gasteiger partial charge in [-0.1, -0.05) is 24.3 Å². The maximum Gasteiger partial charge on any atom is 0.355 e. The third-order valence-corrected chi connectivity index (χ3v) is 4.12. The molecule has 27 heavy (non-hydrogen) atoms. The van der Waals surface area contributed by atoms with E-state index in [-0.39, 0.29) is 5.70 Å². The monoisotopic (exact) mass is 374 g/mol. The van der Waals surface area contributed by atoms with Gasteiger partial charge in [0.25, 0.3) is 6.43 Å². The first kappa shape index (κ1) is 18.7. The smallest absolute Gasteiger partial charge is 0.355 e. The Hall–Kier alpha value is -3.09. The second-order valence-corrected chi connectivity index (χ2v) is 6.06. The zero-order chi connectivity index (χ0) is 19.2. The Balaban J connectivity index is 1.71. The fourth-order valence-electron chi connectivity index (χ4n) is 2.84. The number of fused-ring (bicyclic) bond motifs is 1. The topological polar surface area (TPSA) is 61.8 Å². The van der Waals surface area contributed by atoms with Gasteiger partial charge in [-0.3, -0.25) is 0 Å². The highest BCUT2D eigenvalue weighted by Crippen LogP contribution is 2.27. The van der Waals surface area contributed by atoms with E-state index in [1.165, 1.54) is 0 Å². The van der Waals surface area contributed by atoms with E-state index in [0.29, 0.717) is 18.0 Å². The Bertz CT molecular complexity index is 811. The Labute approximate surface area is 155 Å². The molecular weight excluding hydrogens is 354 g/mol. The molecule has 0 saturated heterocycles. The summed E-state index contributed by atoms with van der Waals surface area (Å²) in [5.74, 6) is -0.651. The van der Waals surface area contributed by atoms with Gasteiger partial charge in [0, 0.05) is 18.4 Å². The van der Waals surface area contributed by atoms with Crippen molar-refractivity contribution in [2.24, 2.45) is 0 Å². The van der Waals surface area contributed by atoms with Crippen molar-refractivity contribution in [2.75, 3.05) is 6.61 Å². The second-order valence-electron chi connectivity index (χ2n) is 6.06. The highest BCUT2D eigenvalue weighted by atomic mass is 19.3. The van der Waals surface area contributed by atoms with Gasteiger partial charge in [0.05, 0.1) is 5.70 Å². The van der Waals surface area contributed by atoms with Crippen LogP contribution in [0.15, 0.2) is 71.9 Å². The molecule has 1 aromatic carbocycles. The van der Waals surface area contributed by atoms with Gasteiger partial charge in [-0.05, 0) is 42.7 Å². The van der Waals surface area contributed by atoms with Crippen LogP contribution in [0.4, 0.5) is 8.78 Å². The lowest BCUT2D eigenvalue weighted by atomic mass is 10.1. The van der Waals surface area contributed by atoms with Crippen molar-refractivity contribution >= 4 is 5.97 Å². The number of halogens is 2. The van der Waals surface area contributed by atoms with Crippen LogP contribution in [0, 0.1) is 0 Å². The maximum atomic E-state index is 12.2.